The van der Waals surface area contributed by atoms with E-state index in [-0.39, 0.29) is 22.6 Å². The van der Waals surface area contributed by atoms with E-state index in [1.165, 1.54) is 19.2 Å². The Labute approximate surface area is 145 Å². The maximum absolute atomic E-state index is 12.7. The van der Waals surface area contributed by atoms with E-state index in [0.29, 0.717) is 18.2 Å². The Balaban J connectivity index is 2.90. The first-order valence-corrected chi connectivity index (χ1v) is 9.96. The predicted molar refractivity (Wildman–Crippen MR) is 95.9 cm³/mol. The highest BCUT2D eigenvalue weighted by Gasteiger charge is 2.29. The van der Waals surface area contributed by atoms with Crippen molar-refractivity contribution in [2.75, 3.05) is 19.4 Å². The molecule has 5 nitrogen and oxygen atoms in total. The van der Waals surface area contributed by atoms with Crippen LogP contribution in [0.4, 0.5) is 0 Å². The molecule has 0 aromatic heterocycles. The number of ether oxygens (including phenoxy) is 1. The maximum Gasteiger partial charge on any atom is 0.226 e. The third-order valence-electron chi connectivity index (χ3n) is 4.39. The molecule has 0 radical (unpaired) electrons. The average Bonchev–Trinajstić information content (AvgIpc) is 2.54. The minimum atomic E-state index is -3.52. The molecule has 0 fully saturated rings. The molecule has 0 spiro atoms. The Bertz CT molecular complexity index is 637. The molecule has 1 rings (SSSR count). The van der Waals surface area contributed by atoms with Crippen molar-refractivity contribution >= 4 is 15.7 Å². The molecule has 0 bridgehead atoms. The van der Waals surface area contributed by atoms with Gasteiger partial charge in [0, 0.05) is 18.5 Å². The summed E-state index contributed by atoms with van der Waals surface area (Å²) in [6.45, 7) is 10.3. The van der Waals surface area contributed by atoms with Gasteiger partial charge in [0.2, 0.25) is 5.91 Å². The number of carbonyl (C=O) groups is 1. The van der Waals surface area contributed by atoms with Gasteiger partial charge in [-0.15, -0.1) is 0 Å². The Morgan fingerprint density at radius 2 is 1.67 bits per heavy atom. The monoisotopic (exact) mass is 355 g/mol. The summed E-state index contributed by atoms with van der Waals surface area (Å²) >= 11 is 0. The number of methoxy groups -OCH3 is 1. The second-order valence-electron chi connectivity index (χ2n) is 6.47. The molecule has 136 valence electrons. The Morgan fingerprint density at radius 3 is 2.08 bits per heavy atom. The van der Waals surface area contributed by atoms with Crippen LogP contribution >= 0.6 is 0 Å². The second kappa shape index (κ2) is 8.51. The van der Waals surface area contributed by atoms with E-state index in [0.717, 1.165) is 0 Å². The number of carbonyl (C=O) groups excluding carboxylic acids is 1. The lowest BCUT2D eigenvalue weighted by atomic mass is 10.0. The van der Waals surface area contributed by atoms with Gasteiger partial charge in [0.05, 0.1) is 17.8 Å². The fraction of sp³-hybridized carbons (Fsp3) is 0.611. The van der Waals surface area contributed by atoms with Crippen molar-refractivity contribution in [3.8, 4) is 5.75 Å². The summed E-state index contributed by atoms with van der Waals surface area (Å²) in [4.78, 5) is 14.6. The highest BCUT2D eigenvalue weighted by atomic mass is 32.2. The number of hydrogen-bond donors (Lipinski definition) is 0. The van der Waals surface area contributed by atoms with Crippen LogP contribution in [0.3, 0.4) is 0 Å². The third-order valence-corrected chi connectivity index (χ3v) is 6.32. The van der Waals surface area contributed by atoms with Crippen LogP contribution in [0, 0.1) is 11.8 Å². The average molecular weight is 356 g/mol. The van der Waals surface area contributed by atoms with Crippen LogP contribution in [0.1, 0.15) is 34.6 Å². The molecule has 24 heavy (non-hydrogen) atoms. The number of amides is 1. The van der Waals surface area contributed by atoms with Crippen molar-refractivity contribution in [3.05, 3.63) is 24.3 Å². The number of rotatable bonds is 8. The minimum Gasteiger partial charge on any atom is -0.497 e. The molecule has 1 aromatic rings. The summed E-state index contributed by atoms with van der Waals surface area (Å²) in [5.74, 6) is 0.0220. The SMILES string of the molecule is CCN(C(=O)C(C)CS(=O)(=O)c1ccc(OC)cc1)C(C)C(C)C. The van der Waals surface area contributed by atoms with Crippen molar-refractivity contribution in [1.82, 2.24) is 4.90 Å². The predicted octanol–water partition coefficient (Wildman–Crippen LogP) is 3.00. The van der Waals surface area contributed by atoms with Gasteiger partial charge < -0.3 is 9.64 Å². The van der Waals surface area contributed by atoms with Gasteiger partial charge in [0.25, 0.3) is 0 Å². The van der Waals surface area contributed by atoms with Gasteiger partial charge in [-0.25, -0.2) is 8.42 Å². The first-order chi connectivity index (χ1) is 11.1. The van der Waals surface area contributed by atoms with E-state index < -0.39 is 15.8 Å². The fourth-order valence-corrected chi connectivity index (χ4v) is 4.11. The molecule has 0 saturated heterocycles. The Hall–Kier alpha value is -1.56. The number of sulfone groups is 1. The Morgan fingerprint density at radius 1 is 1.12 bits per heavy atom. The first-order valence-electron chi connectivity index (χ1n) is 8.31. The lowest BCUT2D eigenvalue weighted by Gasteiger charge is -2.33. The van der Waals surface area contributed by atoms with Crippen LogP contribution in [0.5, 0.6) is 5.75 Å². The zero-order valence-corrected chi connectivity index (χ0v) is 16.3. The van der Waals surface area contributed by atoms with E-state index in [2.05, 4.69) is 13.8 Å². The van der Waals surface area contributed by atoms with Gasteiger partial charge in [-0.05, 0) is 44.0 Å². The van der Waals surface area contributed by atoms with Crippen LogP contribution in [0.15, 0.2) is 29.2 Å². The van der Waals surface area contributed by atoms with Crippen LogP contribution < -0.4 is 4.74 Å². The van der Waals surface area contributed by atoms with Crippen LogP contribution in [0.2, 0.25) is 0 Å². The summed E-state index contributed by atoms with van der Waals surface area (Å²) in [6.07, 6.45) is 0. The van der Waals surface area contributed by atoms with Crippen molar-refractivity contribution in [3.63, 3.8) is 0 Å². The van der Waals surface area contributed by atoms with Gasteiger partial charge in [-0.3, -0.25) is 4.79 Å². The van der Waals surface area contributed by atoms with Crippen LogP contribution in [0.25, 0.3) is 0 Å². The van der Waals surface area contributed by atoms with Crippen molar-refractivity contribution in [1.29, 1.82) is 0 Å². The van der Waals surface area contributed by atoms with E-state index in [9.17, 15) is 13.2 Å². The lowest BCUT2D eigenvalue weighted by Crippen LogP contribution is -2.45. The van der Waals surface area contributed by atoms with Crippen molar-refractivity contribution in [2.45, 2.75) is 45.6 Å². The maximum atomic E-state index is 12.7. The summed E-state index contributed by atoms with van der Waals surface area (Å²) in [6, 6.07) is 6.32. The van der Waals surface area contributed by atoms with Gasteiger partial charge >= 0.3 is 0 Å². The zero-order valence-electron chi connectivity index (χ0n) is 15.4. The molecular formula is C18H29NO4S. The summed E-state index contributed by atoms with van der Waals surface area (Å²) in [5.41, 5.74) is 0. The number of benzene rings is 1. The highest BCUT2D eigenvalue weighted by molar-refractivity contribution is 7.91. The van der Waals surface area contributed by atoms with E-state index >= 15 is 0 Å². The van der Waals surface area contributed by atoms with Gasteiger partial charge in [-0.1, -0.05) is 20.8 Å². The Kier molecular flexibility index (Phi) is 7.27. The summed E-state index contributed by atoms with van der Waals surface area (Å²) in [5, 5.41) is 0. The fourth-order valence-electron chi connectivity index (χ4n) is 2.57. The van der Waals surface area contributed by atoms with Gasteiger partial charge in [-0.2, -0.15) is 0 Å². The molecule has 0 aliphatic carbocycles. The van der Waals surface area contributed by atoms with Crippen molar-refractivity contribution < 1.29 is 17.9 Å². The van der Waals surface area contributed by atoms with Crippen LogP contribution in [-0.4, -0.2) is 44.7 Å². The highest BCUT2D eigenvalue weighted by Crippen LogP contribution is 2.20. The van der Waals surface area contributed by atoms with E-state index in [1.807, 2.05) is 13.8 Å². The zero-order chi connectivity index (χ0) is 18.5. The molecule has 0 heterocycles. The normalized spacial score (nSPS) is 14.3. The molecule has 6 heteroatoms. The summed E-state index contributed by atoms with van der Waals surface area (Å²) in [7, 11) is -1.99. The number of nitrogens with zero attached hydrogens (tertiary/aromatic N) is 1. The van der Waals surface area contributed by atoms with Gasteiger partial charge in [0.1, 0.15) is 5.75 Å². The first kappa shape index (κ1) is 20.5. The standard InChI is InChI=1S/C18H29NO4S/c1-7-19(15(5)13(2)3)18(20)14(4)12-24(21,22)17-10-8-16(23-6)9-11-17/h8-11,13-15H,7,12H2,1-6H3. The van der Waals surface area contributed by atoms with E-state index in [1.54, 1.807) is 24.0 Å². The molecule has 0 aliphatic heterocycles. The van der Waals surface area contributed by atoms with Crippen LogP contribution in [-0.2, 0) is 14.6 Å². The molecule has 2 unspecified atom stereocenters. The molecule has 0 saturated carbocycles. The molecule has 0 aliphatic rings. The second-order valence-corrected chi connectivity index (χ2v) is 8.50. The van der Waals surface area contributed by atoms with E-state index in [4.69, 9.17) is 4.74 Å². The quantitative estimate of drug-likeness (QED) is 0.719. The lowest BCUT2D eigenvalue weighted by molar-refractivity contribution is -0.137. The molecule has 0 N–H and O–H groups in total. The third kappa shape index (κ3) is 4.97. The largest absolute Gasteiger partial charge is 0.497 e. The molecular weight excluding hydrogens is 326 g/mol. The van der Waals surface area contributed by atoms with Crippen molar-refractivity contribution in [2.24, 2.45) is 11.8 Å². The summed E-state index contributed by atoms with van der Waals surface area (Å²) < 4.78 is 30.1. The topological polar surface area (TPSA) is 63.7 Å². The molecule has 1 aromatic carbocycles. The smallest absolute Gasteiger partial charge is 0.226 e. The van der Waals surface area contributed by atoms with Gasteiger partial charge in [0.15, 0.2) is 9.84 Å². The minimum absolute atomic E-state index is 0.0774. The molecule has 2 atom stereocenters. The number of hydrogen-bond acceptors (Lipinski definition) is 4. The molecule has 1 amide bonds.